The highest BCUT2D eigenvalue weighted by molar-refractivity contribution is 5.78. The lowest BCUT2D eigenvalue weighted by atomic mass is 10.2. The molecular formula is C15H22O6. The number of carbonyl (C=O) groups is 1. The van der Waals surface area contributed by atoms with E-state index in [4.69, 9.17) is 23.7 Å². The molecule has 0 fully saturated rings. The van der Waals surface area contributed by atoms with E-state index in [2.05, 4.69) is 0 Å². The average Bonchev–Trinajstić information content (AvgIpc) is 2.53. The molecular weight excluding hydrogens is 276 g/mol. The molecule has 1 rings (SSSR count). The van der Waals surface area contributed by atoms with Gasteiger partial charge in [0, 0.05) is 25.7 Å². The van der Waals surface area contributed by atoms with E-state index in [0.717, 1.165) is 12.7 Å². The Hall–Kier alpha value is -1.79. The molecule has 1 aromatic rings. The first-order valence-electron chi connectivity index (χ1n) is 6.67. The van der Waals surface area contributed by atoms with Crippen LogP contribution in [0.25, 0.3) is 0 Å². The summed E-state index contributed by atoms with van der Waals surface area (Å²) in [7, 11) is 4.67. The number of hydrogen-bond donors (Lipinski definition) is 0. The maximum Gasteiger partial charge on any atom is 0.203 e. The van der Waals surface area contributed by atoms with Crippen molar-refractivity contribution in [2.24, 2.45) is 0 Å². The molecule has 0 saturated carbocycles. The van der Waals surface area contributed by atoms with Crippen molar-refractivity contribution in [2.45, 2.75) is 6.42 Å². The van der Waals surface area contributed by atoms with Crippen LogP contribution in [-0.2, 0) is 9.47 Å². The highest BCUT2D eigenvalue weighted by Gasteiger charge is 2.13. The predicted octanol–water partition coefficient (Wildman–Crippen LogP) is 1.95. The zero-order valence-corrected chi connectivity index (χ0v) is 12.7. The van der Waals surface area contributed by atoms with Crippen LogP contribution in [0.3, 0.4) is 0 Å². The van der Waals surface area contributed by atoms with Gasteiger partial charge >= 0.3 is 0 Å². The minimum atomic E-state index is 0.458. The number of aldehydes is 1. The Bertz CT molecular complexity index is 407. The maximum atomic E-state index is 10.9. The number of methoxy groups -OCH3 is 3. The second-order valence-electron chi connectivity index (χ2n) is 4.18. The van der Waals surface area contributed by atoms with Gasteiger partial charge in [-0.1, -0.05) is 0 Å². The highest BCUT2D eigenvalue weighted by atomic mass is 16.5. The van der Waals surface area contributed by atoms with E-state index in [0.29, 0.717) is 49.2 Å². The largest absolute Gasteiger partial charge is 0.493 e. The van der Waals surface area contributed by atoms with Crippen molar-refractivity contribution in [3.05, 3.63) is 17.7 Å². The number of hydrogen-bond acceptors (Lipinski definition) is 6. The molecule has 0 radical (unpaired) electrons. The summed E-state index contributed by atoms with van der Waals surface area (Å²) >= 11 is 0. The number of rotatable bonds is 11. The zero-order valence-electron chi connectivity index (χ0n) is 12.7. The molecule has 0 heterocycles. The Morgan fingerprint density at radius 1 is 0.952 bits per heavy atom. The summed E-state index contributed by atoms with van der Waals surface area (Å²) in [4.78, 5) is 10.9. The van der Waals surface area contributed by atoms with Crippen LogP contribution in [-0.4, -0.2) is 54.0 Å². The Labute approximate surface area is 124 Å². The summed E-state index contributed by atoms with van der Waals surface area (Å²) in [5.74, 6) is 1.43. The highest BCUT2D eigenvalue weighted by Crippen LogP contribution is 2.38. The van der Waals surface area contributed by atoms with Crippen molar-refractivity contribution in [1.29, 1.82) is 0 Å². The first-order valence-corrected chi connectivity index (χ1v) is 6.67. The first kappa shape index (κ1) is 17.3. The van der Waals surface area contributed by atoms with Gasteiger partial charge in [-0.3, -0.25) is 4.79 Å². The van der Waals surface area contributed by atoms with Crippen molar-refractivity contribution in [3.8, 4) is 17.2 Å². The van der Waals surface area contributed by atoms with E-state index in [1.807, 2.05) is 0 Å². The van der Waals surface area contributed by atoms with Gasteiger partial charge in [0.2, 0.25) is 5.75 Å². The molecule has 0 bridgehead atoms. The summed E-state index contributed by atoms with van der Waals surface area (Å²) in [6.45, 7) is 2.19. The van der Waals surface area contributed by atoms with Crippen LogP contribution in [0.4, 0.5) is 0 Å². The molecule has 21 heavy (non-hydrogen) atoms. The summed E-state index contributed by atoms with van der Waals surface area (Å²) in [6.07, 6.45) is 1.46. The van der Waals surface area contributed by atoms with Crippen LogP contribution in [0.15, 0.2) is 12.1 Å². The molecule has 0 spiro atoms. The monoisotopic (exact) mass is 298 g/mol. The van der Waals surface area contributed by atoms with Gasteiger partial charge in [0.05, 0.1) is 34.0 Å². The molecule has 1 aromatic carbocycles. The van der Waals surface area contributed by atoms with E-state index >= 15 is 0 Å². The number of carbonyl (C=O) groups excluding carboxylic acids is 1. The Morgan fingerprint density at radius 2 is 1.62 bits per heavy atom. The minimum absolute atomic E-state index is 0.458. The lowest BCUT2D eigenvalue weighted by molar-refractivity contribution is 0.0641. The Balaban J connectivity index is 2.55. The van der Waals surface area contributed by atoms with Crippen LogP contribution in [0.1, 0.15) is 16.8 Å². The van der Waals surface area contributed by atoms with E-state index in [-0.39, 0.29) is 0 Å². The first-order chi connectivity index (χ1) is 10.3. The van der Waals surface area contributed by atoms with Gasteiger partial charge in [-0.05, 0) is 12.1 Å². The van der Waals surface area contributed by atoms with Gasteiger partial charge in [0.15, 0.2) is 11.5 Å². The maximum absolute atomic E-state index is 10.9. The number of benzene rings is 1. The van der Waals surface area contributed by atoms with Crippen LogP contribution < -0.4 is 14.2 Å². The van der Waals surface area contributed by atoms with Crippen molar-refractivity contribution >= 4 is 6.29 Å². The normalized spacial score (nSPS) is 10.2. The van der Waals surface area contributed by atoms with Crippen LogP contribution in [0.5, 0.6) is 17.2 Å². The van der Waals surface area contributed by atoms with Gasteiger partial charge in [-0.2, -0.15) is 0 Å². The SMILES string of the molecule is COCCOCCCOc1c(OC)cc(C=O)cc1OC. The topological polar surface area (TPSA) is 63.2 Å². The van der Waals surface area contributed by atoms with Gasteiger partial charge in [0.25, 0.3) is 0 Å². The van der Waals surface area contributed by atoms with Gasteiger partial charge in [-0.15, -0.1) is 0 Å². The molecule has 0 N–H and O–H groups in total. The fourth-order valence-electron chi connectivity index (χ4n) is 1.69. The zero-order chi connectivity index (χ0) is 15.5. The van der Waals surface area contributed by atoms with Crippen molar-refractivity contribution in [3.63, 3.8) is 0 Å². The molecule has 0 aliphatic heterocycles. The van der Waals surface area contributed by atoms with E-state index in [1.165, 1.54) is 14.2 Å². The molecule has 0 unspecified atom stereocenters. The molecule has 0 amide bonds. The Morgan fingerprint density at radius 3 is 2.14 bits per heavy atom. The molecule has 0 saturated heterocycles. The molecule has 0 aliphatic carbocycles. The summed E-state index contributed by atoms with van der Waals surface area (Å²) in [5.41, 5.74) is 0.471. The van der Waals surface area contributed by atoms with E-state index in [1.54, 1.807) is 19.2 Å². The average molecular weight is 298 g/mol. The standard InChI is InChI=1S/C15H22O6/c1-17-7-8-20-5-4-6-21-15-13(18-2)9-12(11-16)10-14(15)19-3/h9-11H,4-8H2,1-3H3. The van der Waals surface area contributed by atoms with Crippen molar-refractivity contribution in [1.82, 2.24) is 0 Å². The van der Waals surface area contributed by atoms with Gasteiger partial charge < -0.3 is 23.7 Å². The van der Waals surface area contributed by atoms with Crippen LogP contribution in [0, 0.1) is 0 Å². The third-order valence-electron chi connectivity index (χ3n) is 2.73. The van der Waals surface area contributed by atoms with Gasteiger partial charge in [0.1, 0.15) is 6.29 Å². The van der Waals surface area contributed by atoms with E-state index < -0.39 is 0 Å². The molecule has 0 aromatic heterocycles. The summed E-state index contributed by atoms with van der Waals surface area (Å²) in [6, 6.07) is 3.22. The molecule has 6 heteroatoms. The third-order valence-corrected chi connectivity index (χ3v) is 2.73. The predicted molar refractivity (Wildman–Crippen MR) is 77.7 cm³/mol. The lowest BCUT2D eigenvalue weighted by Gasteiger charge is -2.15. The summed E-state index contributed by atoms with van der Waals surface area (Å²) < 4.78 is 26.4. The van der Waals surface area contributed by atoms with Crippen LogP contribution >= 0.6 is 0 Å². The molecule has 118 valence electrons. The molecule has 0 atom stereocenters. The van der Waals surface area contributed by atoms with Crippen molar-refractivity contribution in [2.75, 3.05) is 47.8 Å². The smallest absolute Gasteiger partial charge is 0.203 e. The molecule has 0 aliphatic rings. The number of ether oxygens (including phenoxy) is 5. The molecule has 6 nitrogen and oxygen atoms in total. The third kappa shape index (κ3) is 5.61. The van der Waals surface area contributed by atoms with E-state index in [9.17, 15) is 4.79 Å². The fraction of sp³-hybridized carbons (Fsp3) is 0.533. The van der Waals surface area contributed by atoms with Crippen LogP contribution in [0.2, 0.25) is 0 Å². The minimum Gasteiger partial charge on any atom is -0.493 e. The fourth-order valence-corrected chi connectivity index (χ4v) is 1.69. The van der Waals surface area contributed by atoms with Crippen molar-refractivity contribution < 1.29 is 28.5 Å². The quantitative estimate of drug-likeness (QED) is 0.459. The second kappa shape index (κ2) is 10.0. The van der Waals surface area contributed by atoms with Gasteiger partial charge in [-0.25, -0.2) is 0 Å². The Kier molecular flexibility index (Phi) is 8.23. The second-order valence-corrected chi connectivity index (χ2v) is 4.18. The summed E-state index contributed by atoms with van der Waals surface area (Å²) in [5, 5.41) is 0. The lowest BCUT2D eigenvalue weighted by Crippen LogP contribution is -2.08.